The number of nitrogens with one attached hydrogen (secondary N) is 1. The van der Waals surface area contributed by atoms with Crippen molar-refractivity contribution in [3.05, 3.63) is 35.4 Å². The summed E-state index contributed by atoms with van der Waals surface area (Å²) in [5, 5.41) is 12.8. The molecular formula is C27H47N3O4. The normalized spacial score (nSPS) is 16.7. The molecule has 0 saturated heterocycles. The van der Waals surface area contributed by atoms with Crippen LogP contribution in [0.2, 0.25) is 0 Å². The molecule has 0 spiro atoms. The van der Waals surface area contributed by atoms with Crippen LogP contribution in [0.15, 0.2) is 24.3 Å². The van der Waals surface area contributed by atoms with E-state index < -0.39 is 11.5 Å². The largest absolute Gasteiger partial charge is 0.462 e. The molecule has 7 heteroatoms. The van der Waals surface area contributed by atoms with Crippen molar-refractivity contribution in [1.82, 2.24) is 10.2 Å². The zero-order valence-corrected chi connectivity index (χ0v) is 22.3. The Bertz CT molecular complexity index is 770. The Labute approximate surface area is 206 Å². The van der Waals surface area contributed by atoms with E-state index in [2.05, 4.69) is 50.4 Å². The van der Waals surface area contributed by atoms with Gasteiger partial charge >= 0.3 is 5.97 Å². The Kier molecular flexibility index (Phi) is 12.8. The van der Waals surface area contributed by atoms with Gasteiger partial charge < -0.3 is 25.8 Å². The highest BCUT2D eigenvalue weighted by molar-refractivity contribution is 5.81. The van der Waals surface area contributed by atoms with Crippen molar-refractivity contribution in [1.29, 1.82) is 0 Å². The topological polar surface area (TPSA) is 105 Å². The van der Waals surface area contributed by atoms with Crippen LogP contribution in [0.5, 0.6) is 0 Å². The van der Waals surface area contributed by atoms with Crippen molar-refractivity contribution >= 4 is 11.9 Å². The monoisotopic (exact) mass is 477 g/mol. The molecular weight excluding hydrogens is 430 g/mol. The summed E-state index contributed by atoms with van der Waals surface area (Å²) in [4.78, 5) is 27.8. The van der Waals surface area contributed by atoms with Crippen LogP contribution < -0.4 is 11.1 Å². The molecule has 1 rings (SSSR count). The highest BCUT2D eigenvalue weighted by atomic mass is 16.5. The Morgan fingerprint density at radius 1 is 1.18 bits per heavy atom. The second-order valence-corrected chi connectivity index (χ2v) is 10.1. The second-order valence-electron chi connectivity index (χ2n) is 10.1. The molecule has 0 aliphatic rings. The second kappa shape index (κ2) is 14.4. The predicted octanol–water partition coefficient (Wildman–Crippen LogP) is 3.61. The van der Waals surface area contributed by atoms with Crippen LogP contribution >= 0.6 is 0 Å². The van der Waals surface area contributed by atoms with E-state index in [0.717, 1.165) is 6.42 Å². The summed E-state index contributed by atoms with van der Waals surface area (Å²) in [6.07, 6.45) is 1.83. The van der Waals surface area contributed by atoms with Crippen molar-refractivity contribution in [2.45, 2.75) is 78.2 Å². The molecule has 194 valence electrons. The van der Waals surface area contributed by atoms with Gasteiger partial charge in [-0.25, -0.2) is 0 Å². The number of amides is 1. The van der Waals surface area contributed by atoms with Gasteiger partial charge in [-0.2, -0.15) is 0 Å². The maximum atomic E-state index is 13.1. The van der Waals surface area contributed by atoms with Crippen LogP contribution in [0.1, 0.15) is 83.3 Å². The van der Waals surface area contributed by atoms with Crippen molar-refractivity contribution in [3.8, 4) is 0 Å². The van der Waals surface area contributed by atoms with E-state index >= 15 is 0 Å². The summed E-state index contributed by atoms with van der Waals surface area (Å²) < 4.78 is 5.45. The Morgan fingerprint density at radius 3 is 2.32 bits per heavy atom. The molecule has 0 heterocycles. The first-order valence-corrected chi connectivity index (χ1v) is 12.6. The standard InChI is InChI=1S/C27H47N3O4/c1-8-19(3)21-11-10-12-22(14-21)20(4)13-23(25(32)30(6)7)15-27(5,9-2)26(33)34-17-24(31)16-29-18-28/h10-12,14,19-20,23-24,29,31H,8-9,13,15-18,28H2,1-7H3. The van der Waals surface area contributed by atoms with Crippen LogP contribution in [-0.2, 0) is 14.3 Å². The van der Waals surface area contributed by atoms with Gasteiger partial charge in [0.25, 0.3) is 0 Å². The van der Waals surface area contributed by atoms with Crippen LogP contribution in [0.25, 0.3) is 0 Å². The number of aliphatic hydroxyl groups is 1. The van der Waals surface area contributed by atoms with E-state index in [0.29, 0.717) is 25.2 Å². The smallest absolute Gasteiger partial charge is 0.311 e. The highest BCUT2D eigenvalue weighted by Crippen LogP contribution is 2.37. The van der Waals surface area contributed by atoms with Crippen molar-refractivity contribution in [2.24, 2.45) is 17.1 Å². The van der Waals surface area contributed by atoms with Crippen LogP contribution in [0.4, 0.5) is 0 Å². The molecule has 1 amide bonds. The Balaban J connectivity index is 3.01. The summed E-state index contributed by atoms with van der Waals surface area (Å²) in [6, 6.07) is 8.63. The first-order chi connectivity index (χ1) is 16.0. The third-order valence-electron chi connectivity index (χ3n) is 6.99. The molecule has 5 atom stereocenters. The number of hydrogen-bond acceptors (Lipinski definition) is 6. The van der Waals surface area contributed by atoms with Crippen LogP contribution in [0.3, 0.4) is 0 Å². The Morgan fingerprint density at radius 2 is 1.79 bits per heavy atom. The molecule has 34 heavy (non-hydrogen) atoms. The molecule has 0 saturated carbocycles. The molecule has 0 bridgehead atoms. The van der Waals surface area contributed by atoms with Gasteiger partial charge in [-0.15, -0.1) is 0 Å². The quantitative estimate of drug-likeness (QED) is 0.263. The van der Waals surface area contributed by atoms with Crippen molar-refractivity contribution < 1.29 is 19.4 Å². The summed E-state index contributed by atoms with van der Waals surface area (Å²) >= 11 is 0. The van der Waals surface area contributed by atoms with Crippen molar-refractivity contribution in [3.63, 3.8) is 0 Å². The van der Waals surface area contributed by atoms with Gasteiger partial charge in [0.05, 0.1) is 5.41 Å². The maximum absolute atomic E-state index is 13.1. The molecule has 0 aromatic heterocycles. The van der Waals surface area contributed by atoms with Gasteiger partial charge in [0.2, 0.25) is 5.91 Å². The molecule has 1 aromatic rings. The fourth-order valence-corrected chi connectivity index (χ4v) is 4.18. The van der Waals surface area contributed by atoms with Gasteiger partial charge in [0.1, 0.15) is 12.7 Å². The number of esters is 1. The fraction of sp³-hybridized carbons (Fsp3) is 0.704. The van der Waals surface area contributed by atoms with E-state index in [9.17, 15) is 14.7 Å². The minimum absolute atomic E-state index is 0.0181. The zero-order valence-electron chi connectivity index (χ0n) is 22.3. The van der Waals surface area contributed by atoms with Gasteiger partial charge in [0, 0.05) is 33.2 Å². The number of carbonyl (C=O) groups excluding carboxylic acids is 2. The third-order valence-corrected chi connectivity index (χ3v) is 6.99. The summed E-state index contributed by atoms with van der Waals surface area (Å²) in [6.45, 7) is 10.7. The number of nitrogens with two attached hydrogens (primary N) is 1. The lowest BCUT2D eigenvalue weighted by molar-refractivity contribution is -0.160. The highest BCUT2D eigenvalue weighted by Gasteiger charge is 2.39. The number of ether oxygens (including phenoxy) is 1. The third kappa shape index (κ3) is 9.01. The van der Waals surface area contributed by atoms with Gasteiger partial charge in [0.15, 0.2) is 0 Å². The maximum Gasteiger partial charge on any atom is 0.311 e. The first-order valence-electron chi connectivity index (χ1n) is 12.6. The van der Waals surface area contributed by atoms with Crippen LogP contribution in [0, 0.1) is 11.3 Å². The molecule has 0 radical (unpaired) electrons. The summed E-state index contributed by atoms with van der Waals surface area (Å²) in [5.74, 6) is -0.0351. The molecule has 4 N–H and O–H groups in total. The van der Waals surface area contributed by atoms with E-state index in [1.807, 2.05) is 13.8 Å². The lowest BCUT2D eigenvalue weighted by atomic mass is 9.75. The van der Waals surface area contributed by atoms with E-state index in [1.54, 1.807) is 19.0 Å². The summed E-state index contributed by atoms with van der Waals surface area (Å²) in [7, 11) is 3.51. The lowest BCUT2D eigenvalue weighted by Gasteiger charge is -2.32. The number of aliphatic hydroxyl groups excluding tert-OH is 1. The lowest BCUT2D eigenvalue weighted by Crippen LogP contribution is -2.40. The molecule has 0 fully saturated rings. The molecule has 7 nitrogen and oxygen atoms in total. The fourth-order valence-electron chi connectivity index (χ4n) is 4.18. The predicted molar refractivity (Wildman–Crippen MR) is 137 cm³/mol. The average Bonchev–Trinajstić information content (AvgIpc) is 2.84. The van der Waals surface area contributed by atoms with Gasteiger partial charge in [-0.1, -0.05) is 52.0 Å². The van der Waals surface area contributed by atoms with Crippen molar-refractivity contribution in [2.75, 3.05) is 33.9 Å². The minimum atomic E-state index is -0.828. The van der Waals surface area contributed by atoms with E-state index in [4.69, 9.17) is 10.5 Å². The number of rotatable bonds is 15. The summed E-state index contributed by atoms with van der Waals surface area (Å²) in [5.41, 5.74) is 7.08. The molecule has 0 aliphatic heterocycles. The van der Waals surface area contributed by atoms with Gasteiger partial charge in [-0.3, -0.25) is 9.59 Å². The van der Waals surface area contributed by atoms with E-state index in [1.165, 1.54) is 11.1 Å². The minimum Gasteiger partial charge on any atom is -0.462 e. The Hall–Kier alpha value is -1.96. The molecule has 0 aliphatic carbocycles. The molecule has 1 aromatic carbocycles. The zero-order chi connectivity index (χ0) is 25.9. The first kappa shape index (κ1) is 30.1. The van der Waals surface area contributed by atoms with Crippen LogP contribution in [-0.4, -0.2) is 61.9 Å². The average molecular weight is 478 g/mol. The SMILES string of the molecule is CCC(C)c1cccc(C(C)CC(CC(C)(CC)C(=O)OCC(O)CNCN)C(=O)N(C)C)c1. The number of carbonyl (C=O) groups is 2. The van der Waals surface area contributed by atoms with Gasteiger partial charge in [-0.05, 0) is 55.6 Å². The number of hydrogen-bond donors (Lipinski definition) is 3. The van der Waals surface area contributed by atoms with E-state index in [-0.39, 0.29) is 43.5 Å². The molecule has 5 unspecified atom stereocenters. The number of benzene rings is 1. The number of nitrogens with zero attached hydrogens (tertiary/aromatic N) is 1.